The molecule has 2 aliphatic heterocycles. The normalized spacial score (nSPS) is 17.6. The maximum atomic E-state index is 13.4. The second-order valence-electron chi connectivity index (χ2n) is 6.95. The molecule has 0 bridgehead atoms. The minimum Gasteiger partial charge on any atom is -0.345 e. The lowest BCUT2D eigenvalue weighted by Crippen LogP contribution is -2.56. The number of carbonyl (C=O) groups is 3. The smallest absolute Gasteiger partial charge is 0.262 e. The molecule has 1 unspecified atom stereocenters. The zero-order valence-electron chi connectivity index (χ0n) is 16.1. The van der Waals surface area contributed by atoms with E-state index in [0.717, 1.165) is 5.13 Å². The van der Waals surface area contributed by atoms with E-state index in [1.54, 1.807) is 58.5 Å². The van der Waals surface area contributed by atoms with Crippen molar-refractivity contribution in [3.05, 3.63) is 47.0 Å². The van der Waals surface area contributed by atoms with Crippen molar-refractivity contribution < 1.29 is 14.4 Å². The minimum absolute atomic E-state index is 0.146. The summed E-state index contributed by atoms with van der Waals surface area (Å²) in [5, 5.41) is 2.89. The molecule has 1 aromatic carbocycles. The number of nitrogens with zero attached hydrogens (tertiary/aromatic N) is 4. The summed E-state index contributed by atoms with van der Waals surface area (Å²) in [7, 11) is 0. The van der Waals surface area contributed by atoms with Crippen molar-refractivity contribution in [2.24, 2.45) is 0 Å². The lowest BCUT2D eigenvalue weighted by Gasteiger charge is -2.37. The van der Waals surface area contributed by atoms with Gasteiger partial charge in [-0.05, 0) is 30.6 Å². The second-order valence-corrected chi connectivity index (χ2v) is 8.81. The third kappa shape index (κ3) is 3.76. The number of thiazole rings is 1. The third-order valence-electron chi connectivity index (χ3n) is 5.30. The molecule has 4 rings (SSSR count). The van der Waals surface area contributed by atoms with Crippen LogP contribution in [-0.4, -0.2) is 76.7 Å². The van der Waals surface area contributed by atoms with Gasteiger partial charge in [0, 0.05) is 37.8 Å². The molecule has 29 heavy (non-hydrogen) atoms. The van der Waals surface area contributed by atoms with Gasteiger partial charge in [0.2, 0.25) is 5.91 Å². The summed E-state index contributed by atoms with van der Waals surface area (Å²) < 4.78 is 0. The molecule has 1 atom stereocenters. The van der Waals surface area contributed by atoms with Crippen LogP contribution in [0.15, 0.2) is 35.8 Å². The minimum atomic E-state index is -0.763. The summed E-state index contributed by atoms with van der Waals surface area (Å²) in [5.41, 5.74) is 0.765. The number of benzene rings is 1. The number of imide groups is 1. The average molecular weight is 431 g/mol. The van der Waals surface area contributed by atoms with Crippen LogP contribution in [0.3, 0.4) is 0 Å². The number of rotatable bonds is 6. The molecule has 2 aliphatic rings. The number of aromatic nitrogens is 1. The van der Waals surface area contributed by atoms with E-state index in [-0.39, 0.29) is 17.7 Å². The Hall–Kier alpha value is -2.39. The maximum absolute atomic E-state index is 13.4. The van der Waals surface area contributed by atoms with Gasteiger partial charge in [0.15, 0.2) is 5.13 Å². The quantitative estimate of drug-likeness (QED) is 0.655. The molecular formula is C20H22N4O3S2. The molecule has 2 aromatic rings. The van der Waals surface area contributed by atoms with Crippen LogP contribution in [-0.2, 0) is 4.79 Å². The van der Waals surface area contributed by atoms with Gasteiger partial charge in [0.1, 0.15) is 6.04 Å². The number of piperazine rings is 1. The Kier molecular flexibility index (Phi) is 5.86. The number of carbonyl (C=O) groups excluding carboxylic acids is 3. The lowest BCUT2D eigenvalue weighted by atomic mass is 10.1. The molecule has 0 N–H and O–H groups in total. The predicted molar refractivity (Wildman–Crippen MR) is 115 cm³/mol. The fourth-order valence-electron chi connectivity index (χ4n) is 3.78. The van der Waals surface area contributed by atoms with Crippen LogP contribution in [0.5, 0.6) is 0 Å². The highest BCUT2D eigenvalue weighted by molar-refractivity contribution is 7.98. The van der Waals surface area contributed by atoms with Crippen LogP contribution >= 0.6 is 23.1 Å². The van der Waals surface area contributed by atoms with Crippen molar-refractivity contribution in [2.75, 3.05) is 43.1 Å². The Balaban J connectivity index is 1.51. The average Bonchev–Trinajstić information content (AvgIpc) is 3.37. The van der Waals surface area contributed by atoms with Crippen LogP contribution in [0.2, 0.25) is 0 Å². The van der Waals surface area contributed by atoms with E-state index >= 15 is 0 Å². The van der Waals surface area contributed by atoms with Gasteiger partial charge >= 0.3 is 0 Å². The van der Waals surface area contributed by atoms with Crippen LogP contribution < -0.4 is 4.90 Å². The Morgan fingerprint density at radius 1 is 1.14 bits per heavy atom. The molecule has 9 heteroatoms. The van der Waals surface area contributed by atoms with Crippen molar-refractivity contribution in [1.82, 2.24) is 14.8 Å². The van der Waals surface area contributed by atoms with Gasteiger partial charge in [-0.2, -0.15) is 11.8 Å². The molecule has 0 spiro atoms. The lowest BCUT2D eigenvalue weighted by molar-refractivity contribution is -0.135. The maximum Gasteiger partial charge on any atom is 0.262 e. The summed E-state index contributed by atoms with van der Waals surface area (Å²) in [6.45, 7) is 2.49. The molecule has 7 nitrogen and oxygen atoms in total. The topological polar surface area (TPSA) is 73.8 Å². The second kappa shape index (κ2) is 8.54. The van der Waals surface area contributed by atoms with Crippen molar-refractivity contribution in [2.45, 2.75) is 12.5 Å². The van der Waals surface area contributed by atoms with Crippen molar-refractivity contribution >= 4 is 46.0 Å². The van der Waals surface area contributed by atoms with Gasteiger partial charge in [0.05, 0.1) is 11.1 Å². The highest BCUT2D eigenvalue weighted by Crippen LogP contribution is 2.27. The first-order valence-corrected chi connectivity index (χ1v) is 11.8. The summed E-state index contributed by atoms with van der Waals surface area (Å²) in [6, 6.07) is 6.02. The van der Waals surface area contributed by atoms with Gasteiger partial charge < -0.3 is 9.80 Å². The molecule has 152 valence electrons. The van der Waals surface area contributed by atoms with E-state index in [2.05, 4.69) is 9.88 Å². The predicted octanol–water partition coefficient (Wildman–Crippen LogP) is 2.21. The van der Waals surface area contributed by atoms with Crippen molar-refractivity contribution in [3.63, 3.8) is 0 Å². The monoisotopic (exact) mass is 430 g/mol. The highest BCUT2D eigenvalue weighted by Gasteiger charge is 2.43. The van der Waals surface area contributed by atoms with E-state index in [1.807, 2.05) is 11.6 Å². The van der Waals surface area contributed by atoms with Crippen LogP contribution in [0, 0.1) is 0 Å². The molecule has 0 saturated carbocycles. The Bertz CT molecular complexity index is 875. The number of fused-ring (bicyclic) bond motifs is 1. The summed E-state index contributed by atoms with van der Waals surface area (Å²) >= 11 is 3.18. The van der Waals surface area contributed by atoms with E-state index in [9.17, 15) is 14.4 Å². The van der Waals surface area contributed by atoms with E-state index in [0.29, 0.717) is 49.5 Å². The molecule has 0 aliphatic carbocycles. The summed E-state index contributed by atoms with van der Waals surface area (Å²) in [6.07, 6.45) is 4.19. The Labute approximate surface area is 177 Å². The molecule has 1 aromatic heterocycles. The van der Waals surface area contributed by atoms with E-state index in [1.165, 1.54) is 4.90 Å². The van der Waals surface area contributed by atoms with Gasteiger partial charge in [-0.15, -0.1) is 11.3 Å². The molecule has 3 amide bonds. The number of hydrogen-bond donors (Lipinski definition) is 0. The fourth-order valence-corrected chi connectivity index (χ4v) is 4.94. The summed E-state index contributed by atoms with van der Waals surface area (Å²) in [4.78, 5) is 48.6. The SMILES string of the molecule is CSCCC(C(=O)N1CCN(c2nccs2)CC1)N1C(=O)c2ccccc2C1=O. The first-order valence-electron chi connectivity index (χ1n) is 9.51. The standard InChI is InChI=1S/C20H22N4O3S2/c1-28-12-6-16(24-17(25)14-4-2-3-5-15(14)18(24)26)19(27)22-8-10-23(11-9-22)20-21-7-13-29-20/h2-5,7,13,16H,6,8-12H2,1H3. The van der Waals surface area contributed by atoms with E-state index in [4.69, 9.17) is 0 Å². The molecular weight excluding hydrogens is 408 g/mol. The van der Waals surface area contributed by atoms with Gasteiger partial charge in [-0.3, -0.25) is 19.3 Å². The molecule has 1 fully saturated rings. The Morgan fingerprint density at radius 2 is 1.79 bits per heavy atom. The van der Waals surface area contributed by atoms with Crippen molar-refractivity contribution in [1.29, 1.82) is 0 Å². The number of amides is 3. The fraction of sp³-hybridized carbons (Fsp3) is 0.400. The largest absolute Gasteiger partial charge is 0.345 e. The van der Waals surface area contributed by atoms with Crippen LogP contribution in [0.4, 0.5) is 5.13 Å². The zero-order valence-corrected chi connectivity index (χ0v) is 17.7. The first kappa shape index (κ1) is 19.9. The number of thioether (sulfide) groups is 1. The summed E-state index contributed by atoms with van der Waals surface area (Å²) in [5.74, 6) is -0.187. The van der Waals surface area contributed by atoms with Crippen LogP contribution in [0.1, 0.15) is 27.1 Å². The molecule has 1 saturated heterocycles. The zero-order chi connectivity index (χ0) is 20.4. The first-order chi connectivity index (χ1) is 14.1. The van der Waals surface area contributed by atoms with Gasteiger partial charge in [-0.1, -0.05) is 12.1 Å². The molecule has 3 heterocycles. The number of hydrogen-bond acceptors (Lipinski definition) is 7. The number of anilines is 1. The third-order valence-corrected chi connectivity index (χ3v) is 6.77. The van der Waals surface area contributed by atoms with Crippen LogP contribution in [0.25, 0.3) is 0 Å². The highest BCUT2D eigenvalue weighted by atomic mass is 32.2. The Morgan fingerprint density at radius 3 is 2.34 bits per heavy atom. The van der Waals surface area contributed by atoms with Gasteiger partial charge in [-0.25, -0.2) is 4.98 Å². The van der Waals surface area contributed by atoms with Crippen molar-refractivity contribution in [3.8, 4) is 0 Å². The molecule has 0 radical (unpaired) electrons. The van der Waals surface area contributed by atoms with Gasteiger partial charge in [0.25, 0.3) is 11.8 Å². The van der Waals surface area contributed by atoms with E-state index < -0.39 is 6.04 Å².